The van der Waals surface area contributed by atoms with Crippen LogP contribution in [-0.4, -0.2) is 47.8 Å². The first-order chi connectivity index (χ1) is 18.0. The van der Waals surface area contributed by atoms with E-state index in [2.05, 4.69) is 10.3 Å². The van der Waals surface area contributed by atoms with Crippen LogP contribution in [0.15, 0.2) is 65.8 Å². The van der Waals surface area contributed by atoms with Gasteiger partial charge in [-0.25, -0.2) is 8.42 Å². The molecule has 3 aromatic rings. The Kier molecular flexibility index (Phi) is 10.0. The fourth-order valence-electron chi connectivity index (χ4n) is 4.24. The number of amides is 1. The van der Waals surface area contributed by atoms with Crippen LogP contribution in [0.4, 0.5) is 0 Å². The summed E-state index contributed by atoms with van der Waals surface area (Å²) >= 11 is 6.26. The van der Waals surface area contributed by atoms with E-state index in [1.54, 1.807) is 31.5 Å². The highest BCUT2D eigenvalue weighted by atomic mass is 35.5. The second-order valence-corrected chi connectivity index (χ2v) is 11.3. The van der Waals surface area contributed by atoms with E-state index < -0.39 is 22.0 Å². The number of aromatic nitrogens is 1. The van der Waals surface area contributed by atoms with Crippen molar-refractivity contribution in [3.63, 3.8) is 0 Å². The van der Waals surface area contributed by atoms with Crippen LogP contribution in [-0.2, 0) is 19.6 Å². The Morgan fingerprint density at radius 1 is 1.11 bits per heavy atom. The Labute approximate surface area is 228 Å². The number of hydrogen-bond acceptors (Lipinski definition) is 5. The van der Waals surface area contributed by atoms with Gasteiger partial charge in [0.05, 0.1) is 11.3 Å². The van der Waals surface area contributed by atoms with Gasteiger partial charge in [-0.15, -0.1) is 0 Å². The number of sulfonamides is 1. The lowest BCUT2D eigenvalue weighted by Gasteiger charge is -2.30. The Morgan fingerprint density at radius 2 is 1.84 bits per heavy atom. The highest BCUT2D eigenvalue weighted by Gasteiger charge is 2.31. The standard InChI is InChI=1S/C28H32ClN3O5S/c1-19-18-30-14-12-24(19)23-8-4-7-22(17-23)21(3)32(16-6-11-27(33)31-15-13-28(34)35)38(36,37)26-10-5-9-25(29)20(26)2/h4-5,7-10,12,14,17-18,21H,6,11,13,15-16H2,1-3H3,(H,31,33)(H,34,35). The number of aryl methyl sites for hydroxylation is 1. The smallest absolute Gasteiger partial charge is 0.305 e. The Hall–Kier alpha value is -3.27. The van der Waals surface area contributed by atoms with E-state index in [1.807, 2.05) is 44.2 Å². The molecule has 1 heterocycles. The zero-order valence-corrected chi connectivity index (χ0v) is 23.2. The molecule has 202 valence electrons. The third kappa shape index (κ3) is 7.18. The minimum absolute atomic E-state index is 0.0233. The van der Waals surface area contributed by atoms with E-state index in [-0.39, 0.29) is 43.2 Å². The van der Waals surface area contributed by atoms with Gasteiger partial charge in [0.1, 0.15) is 0 Å². The van der Waals surface area contributed by atoms with E-state index in [4.69, 9.17) is 16.7 Å². The van der Waals surface area contributed by atoms with Crippen molar-refractivity contribution in [3.05, 3.63) is 82.6 Å². The van der Waals surface area contributed by atoms with Crippen LogP contribution in [0, 0.1) is 13.8 Å². The summed E-state index contributed by atoms with van der Waals surface area (Å²) < 4.78 is 29.3. The van der Waals surface area contributed by atoms with Crippen LogP contribution in [0.1, 0.15) is 48.9 Å². The Morgan fingerprint density at radius 3 is 2.55 bits per heavy atom. The zero-order valence-electron chi connectivity index (χ0n) is 21.6. The van der Waals surface area contributed by atoms with Gasteiger partial charge in [0.25, 0.3) is 0 Å². The van der Waals surface area contributed by atoms with Gasteiger partial charge in [-0.3, -0.25) is 14.6 Å². The Bertz CT molecular complexity index is 1410. The van der Waals surface area contributed by atoms with E-state index in [0.29, 0.717) is 10.6 Å². The molecule has 0 bridgehead atoms. The van der Waals surface area contributed by atoms with Crippen LogP contribution < -0.4 is 5.32 Å². The molecule has 0 radical (unpaired) electrons. The van der Waals surface area contributed by atoms with Crippen LogP contribution in [0.2, 0.25) is 5.02 Å². The molecule has 2 aromatic carbocycles. The molecule has 3 rings (SSSR count). The topological polar surface area (TPSA) is 117 Å². The molecule has 0 aliphatic carbocycles. The summed E-state index contributed by atoms with van der Waals surface area (Å²) in [4.78, 5) is 27.2. The van der Waals surface area contributed by atoms with Crippen molar-refractivity contribution in [1.29, 1.82) is 0 Å². The molecular formula is C28H32ClN3O5S. The minimum Gasteiger partial charge on any atom is -0.481 e. The number of carboxylic acids is 1. The fraction of sp³-hybridized carbons (Fsp3) is 0.321. The van der Waals surface area contributed by atoms with Gasteiger partial charge in [0.2, 0.25) is 15.9 Å². The predicted molar refractivity (Wildman–Crippen MR) is 147 cm³/mol. The number of rotatable bonds is 12. The van der Waals surface area contributed by atoms with Gasteiger partial charge in [-0.2, -0.15) is 4.31 Å². The number of aliphatic carboxylic acids is 1. The first kappa shape index (κ1) is 29.3. The van der Waals surface area contributed by atoms with Crippen LogP contribution >= 0.6 is 11.6 Å². The van der Waals surface area contributed by atoms with Crippen LogP contribution in [0.5, 0.6) is 0 Å². The van der Waals surface area contributed by atoms with Gasteiger partial charge in [0.15, 0.2) is 0 Å². The molecule has 1 amide bonds. The second-order valence-electron chi connectivity index (χ2n) is 9.07. The number of carbonyl (C=O) groups excluding carboxylic acids is 1. The molecular weight excluding hydrogens is 526 g/mol. The zero-order chi connectivity index (χ0) is 27.9. The summed E-state index contributed by atoms with van der Waals surface area (Å²) in [5, 5.41) is 11.7. The van der Waals surface area contributed by atoms with E-state index in [9.17, 15) is 18.0 Å². The number of carboxylic acid groups (broad SMARTS) is 1. The van der Waals surface area contributed by atoms with Crippen molar-refractivity contribution < 1.29 is 23.1 Å². The molecule has 2 N–H and O–H groups in total. The number of halogens is 1. The number of pyridine rings is 1. The Balaban J connectivity index is 1.91. The van der Waals surface area contributed by atoms with Crippen molar-refractivity contribution in [1.82, 2.24) is 14.6 Å². The van der Waals surface area contributed by atoms with E-state index >= 15 is 0 Å². The highest BCUT2D eigenvalue weighted by molar-refractivity contribution is 7.89. The van der Waals surface area contributed by atoms with Crippen molar-refractivity contribution in [2.75, 3.05) is 13.1 Å². The van der Waals surface area contributed by atoms with Gasteiger partial charge < -0.3 is 10.4 Å². The molecule has 0 saturated heterocycles. The molecule has 0 aliphatic rings. The molecule has 8 nitrogen and oxygen atoms in total. The van der Waals surface area contributed by atoms with Crippen molar-refractivity contribution in [2.24, 2.45) is 0 Å². The third-order valence-electron chi connectivity index (χ3n) is 6.38. The molecule has 10 heteroatoms. The molecule has 1 atom stereocenters. The van der Waals surface area contributed by atoms with Crippen LogP contribution in [0.25, 0.3) is 11.1 Å². The van der Waals surface area contributed by atoms with Crippen LogP contribution in [0.3, 0.4) is 0 Å². The molecule has 0 saturated carbocycles. The second kappa shape index (κ2) is 13.0. The molecule has 0 aliphatic heterocycles. The van der Waals surface area contributed by atoms with Gasteiger partial charge in [-0.05, 0) is 79.3 Å². The SMILES string of the molecule is Cc1cnccc1-c1cccc(C(C)N(CCCC(=O)NCCC(=O)O)S(=O)(=O)c2cccc(Cl)c2C)c1. The highest BCUT2D eigenvalue weighted by Crippen LogP contribution is 2.33. The van der Waals surface area contributed by atoms with Crippen molar-refractivity contribution >= 4 is 33.5 Å². The first-order valence-electron chi connectivity index (χ1n) is 12.3. The maximum atomic E-state index is 13.9. The van der Waals surface area contributed by atoms with E-state index in [0.717, 1.165) is 22.3 Å². The molecule has 1 aromatic heterocycles. The minimum atomic E-state index is -3.98. The number of hydrogen-bond donors (Lipinski definition) is 2. The normalized spacial score (nSPS) is 12.3. The lowest BCUT2D eigenvalue weighted by molar-refractivity contribution is -0.136. The number of nitrogens with zero attached hydrogens (tertiary/aromatic N) is 2. The molecule has 38 heavy (non-hydrogen) atoms. The molecule has 0 spiro atoms. The number of nitrogens with one attached hydrogen (secondary N) is 1. The number of benzene rings is 2. The summed E-state index contributed by atoms with van der Waals surface area (Å²) in [6.45, 7) is 5.57. The average molecular weight is 558 g/mol. The monoisotopic (exact) mass is 557 g/mol. The van der Waals surface area contributed by atoms with Gasteiger partial charge in [0, 0.05) is 43.0 Å². The predicted octanol–water partition coefficient (Wildman–Crippen LogP) is 5.14. The lowest BCUT2D eigenvalue weighted by atomic mass is 9.98. The molecule has 0 fully saturated rings. The summed E-state index contributed by atoms with van der Waals surface area (Å²) in [6.07, 6.45) is 3.64. The summed E-state index contributed by atoms with van der Waals surface area (Å²) in [5.41, 5.74) is 4.22. The summed E-state index contributed by atoms with van der Waals surface area (Å²) in [7, 11) is -3.98. The largest absolute Gasteiger partial charge is 0.481 e. The van der Waals surface area contributed by atoms with Crippen molar-refractivity contribution in [3.8, 4) is 11.1 Å². The third-order valence-corrected chi connectivity index (χ3v) is 8.90. The quantitative estimate of drug-likeness (QED) is 0.318. The maximum Gasteiger partial charge on any atom is 0.305 e. The van der Waals surface area contributed by atoms with Crippen molar-refractivity contribution in [2.45, 2.75) is 51.0 Å². The summed E-state index contributed by atoms with van der Waals surface area (Å²) in [6, 6.07) is 13.9. The average Bonchev–Trinajstić information content (AvgIpc) is 2.87. The molecule has 1 unspecified atom stereocenters. The fourth-order valence-corrected chi connectivity index (χ4v) is 6.38. The summed E-state index contributed by atoms with van der Waals surface area (Å²) in [5.74, 6) is -1.33. The maximum absolute atomic E-state index is 13.9. The first-order valence-corrected chi connectivity index (χ1v) is 14.1. The van der Waals surface area contributed by atoms with Gasteiger partial charge in [-0.1, -0.05) is 35.9 Å². The van der Waals surface area contributed by atoms with E-state index in [1.165, 1.54) is 10.4 Å². The number of carbonyl (C=O) groups is 2. The lowest BCUT2D eigenvalue weighted by Crippen LogP contribution is -2.36. The van der Waals surface area contributed by atoms with Gasteiger partial charge >= 0.3 is 5.97 Å².